The molecule has 0 unspecified atom stereocenters. The van der Waals surface area contributed by atoms with Crippen molar-refractivity contribution in [2.45, 2.75) is 0 Å². The summed E-state index contributed by atoms with van der Waals surface area (Å²) in [6.07, 6.45) is 3.86. The summed E-state index contributed by atoms with van der Waals surface area (Å²) in [5.74, 6) is 0. The van der Waals surface area contributed by atoms with E-state index in [2.05, 4.69) is 179 Å². The van der Waals surface area contributed by atoms with E-state index in [1.165, 1.54) is 48.2 Å². The molecule has 4 heterocycles. The third-order valence-electron chi connectivity index (χ3n) is 10.3. The van der Waals surface area contributed by atoms with E-state index in [1.54, 1.807) is 11.3 Å². The van der Waals surface area contributed by atoms with Gasteiger partial charge in [-0.1, -0.05) is 151 Å². The van der Waals surface area contributed by atoms with Crippen LogP contribution in [-0.2, 0) is 0 Å². The van der Waals surface area contributed by atoms with Gasteiger partial charge in [0.2, 0.25) is 0 Å². The number of thiophene rings is 1. The maximum Gasteiger partial charge on any atom is 0.179 e. The highest BCUT2D eigenvalue weighted by molar-refractivity contribution is 7.25. The van der Waals surface area contributed by atoms with Crippen molar-refractivity contribution in [2.75, 3.05) is 0 Å². The number of benzene rings is 6. The van der Waals surface area contributed by atoms with Crippen LogP contribution in [0.1, 0.15) is 0 Å². The van der Waals surface area contributed by atoms with Gasteiger partial charge in [-0.25, -0.2) is 9.97 Å². The van der Waals surface area contributed by atoms with Gasteiger partial charge in [0, 0.05) is 27.7 Å². The lowest BCUT2D eigenvalue weighted by Crippen LogP contribution is -2.74. The second-order valence-corrected chi connectivity index (χ2v) is 17.8. The molecule has 0 aliphatic rings. The maximum absolute atomic E-state index is 4.92. The van der Waals surface area contributed by atoms with Gasteiger partial charge in [0.15, 0.2) is 8.07 Å². The van der Waals surface area contributed by atoms with Gasteiger partial charge < -0.3 is 4.57 Å². The van der Waals surface area contributed by atoms with Crippen molar-refractivity contribution >= 4 is 82.4 Å². The third-order valence-corrected chi connectivity index (χ3v) is 16.1. The Hall–Kier alpha value is -6.14. The maximum atomic E-state index is 4.92. The lowest BCUT2D eigenvalue weighted by Gasteiger charge is -2.34. The summed E-state index contributed by atoms with van der Waals surface area (Å²) >= 11 is 1.64. The Morgan fingerprint density at radius 3 is 1.73 bits per heavy atom. The van der Waals surface area contributed by atoms with Crippen LogP contribution in [0.5, 0.6) is 0 Å². The highest BCUT2D eigenvalue weighted by atomic mass is 32.1. The lowest BCUT2D eigenvalue weighted by molar-refractivity contribution is 1.16. The summed E-state index contributed by atoms with van der Waals surface area (Å²) in [7, 11) is -2.65. The van der Waals surface area contributed by atoms with Crippen molar-refractivity contribution < 1.29 is 0 Å². The third kappa shape index (κ3) is 4.70. The van der Waals surface area contributed by atoms with E-state index >= 15 is 0 Å². The van der Waals surface area contributed by atoms with Crippen LogP contribution in [0, 0.1) is 0 Å². The number of pyridine rings is 2. The lowest BCUT2D eigenvalue weighted by atomic mass is 10.0. The molecule has 0 aliphatic heterocycles. The fourth-order valence-electron chi connectivity index (χ4n) is 8.03. The number of aromatic nitrogens is 3. The molecule has 0 saturated heterocycles. The van der Waals surface area contributed by atoms with Gasteiger partial charge in [0.25, 0.3) is 0 Å². The van der Waals surface area contributed by atoms with Crippen molar-refractivity contribution in [3.05, 3.63) is 188 Å². The first kappa shape index (κ1) is 29.7. The number of fused-ring (bicyclic) bond motifs is 6. The topological polar surface area (TPSA) is 30.7 Å². The van der Waals surface area contributed by atoms with Gasteiger partial charge in [0.1, 0.15) is 9.66 Å². The van der Waals surface area contributed by atoms with Crippen LogP contribution in [0.3, 0.4) is 0 Å². The SMILES string of the molecule is c1ccc([Si](c2ccccc2)(c2ccccc2)c2cccc(-c3ccc4c(c3)c3ccccc3n4-c3cnc4sc5ncccc5c4c3)c2)cc1. The molecular formula is C46H31N3SSi. The Bertz CT molecular complexity index is 2760. The average molecular weight is 686 g/mol. The van der Waals surface area contributed by atoms with Gasteiger partial charge >= 0.3 is 0 Å². The Morgan fingerprint density at radius 1 is 0.412 bits per heavy atom. The molecule has 0 N–H and O–H groups in total. The van der Waals surface area contributed by atoms with Crippen LogP contribution in [0.4, 0.5) is 0 Å². The fourth-order valence-corrected chi connectivity index (χ4v) is 13.8. The molecule has 51 heavy (non-hydrogen) atoms. The summed E-state index contributed by atoms with van der Waals surface area (Å²) in [6, 6.07) is 64.8. The average Bonchev–Trinajstić information content (AvgIpc) is 3.75. The molecule has 5 heteroatoms. The molecule has 0 aliphatic carbocycles. The first-order chi connectivity index (χ1) is 25.3. The molecule has 0 amide bonds. The highest BCUT2D eigenvalue weighted by Gasteiger charge is 2.41. The highest BCUT2D eigenvalue weighted by Crippen LogP contribution is 2.37. The predicted octanol–water partition coefficient (Wildman–Crippen LogP) is 8.99. The molecule has 0 bridgehead atoms. The van der Waals surface area contributed by atoms with Crippen LogP contribution in [-0.4, -0.2) is 22.6 Å². The summed E-state index contributed by atoms with van der Waals surface area (Å²) < 4.78 is 2.36. The van der Waals surface area contributed by atoms with Crippen molar-refractivity contribution in [1.29, 1.82) is 0 Å². The Kier molecular flexibility index (Phi) is 7.01. The summed E-state index contributed by atoms with van der Waals surface area (Å²) in [5.41, 5.74) is 5.80. The van der Waals surface area contributed by atoms with Crippen molar-refractivity contribution in [3.63, 3.8) is 0 Å². The van der Waals surface area contributed by atoms with Crippen molar-refractivity contribution in [2.24, 2.45) is 0 Å². The van der Waals surface area contributed by atoms with E-state index in [9.17, 15) is 0 Å². The minimum atomic E-state index is -2.65. The molecule has 240 valence electrons. The zero-order valence-corrected chi connectivity index (χ0v) is 29.5. The first-order valence-electron chi connectivity index (χ1n) is 17.2. The normalized spacial score (nSPS) is 11.9. The molecular weight excluding hydrogens is 655 g/mol. The predicted molar refractivity (Wildman–Crippen MR) is 218 cm³/mol. The van der Waals surface area contributed by atoms with Gasteiger partial charge in [-0.3, -0.25) is 0 Å². The van der Waals surface area contributed by atoms with Crippen LogP contribution in [0.2, 0.25) is 0 Å². The van der Waals surface area contributed by atoms with E-state index in [1.807, 2.05) is 18.5 Å². The van der Waals surface area contributed by atoms with E-state index in [-0.39, 0.29) is 0 Å². The minimum Gasteiger partial charge on any atom is -0.308 e. The Morgan fingerprint density at radius 2 is 1.00 bits per heavy atom. The van der Waals surface area contributed by atoms with Gasteiger partial charge in [-0.05, 0) is 68.3 Å². The molecule has 0 fully saturated rings. The Balaban J connectivity index is 1.17. The molecule has 3 nitrogen and oxygen atoms in total. The molecule has 10 rings (SSSR count). The molecule has 6 aromatic carbocycles. The summed E-state index contributed by atoms with van der Waals surface area (Å²) in [5, 5.41) is 10.2. The number of hydrogen-bond acceptors (Lipinski definition) is 3. The summed E-state index contributed by atoms with van der Waals surface area (Å²) in [4.78, 5) is 11.5. The monoisotopic (exact) mass is 685 g/mol. The number of para-hydroxylation sites is 1. The summed E-state index contributed by atoms with van der Waals surface area (Å²) in [6.45, 7) is 0. The molecule has 10 aromatic rings. The molecule has 0 saturated carbocycles. The molecule has 0 radical (unpaired) electrons. The fraction of sp³-hybridized carbons (Fsp3) is 0. The minimum absolute atomic E-state index is 1.01. The van der Waals surface area contributed by atoms with E-state index in [4.69, 9.17) is 4.98 Å². The quantitative estimate of drug-likeness (QED) is 0.129. The molecule has 0 atom stereocenters. The van der Waals surface area contributed by atoms with Gasteiger partial charge in [0.05, 0.1) is 22.9 Å². The standard InChI is InChI=1S/C46H31N3SSi/c1-4-15-35(16-5-1)51(36-17-6-2-7-18-36,37-19-8-3-9-20-37)38-21-12-14-32(28-38)33-25-26-44-41(29-33)39-22-10-11-24-43(39)49(44)34-30-42-40-23-13-27-47-45(40)50-46(42)48-31-34/h1-31H. The number of rotatable bonds is 6. The second kappa shape index (κ2) is 12.0. The largest absolute Gasteiger partial charge is 0.308 e. The zero-order chi connectivity index (χ0) is 33.8. The van der Waals surface area contributed by atoms with Crippen molar-refractivity contribution in [3.8, 4) is 16.8 Å². The zero-order valence-electron chi connectivity index (χ0n) is 27.6. The van der Waals surface area contributed by atoms with Crippen LogP contribution < -0.4 is 20.7 Å². The van der Waals surface area contributed by atoms with E-state index < -0.39 is 8.07 Å². The molecule has 4 aromatic heterocycles. The van der Waals surface area contributed by atoms with Gasteiger partial charge in [-0.2, -0.15) is 0 Å². The van der Waals surface area contributed by atoms with Crippen LogP contribution >= 0.6 is 11.3 Å². The smallest absolute Gasteiger partial charge is 0.179 e. The first-order valence-corrected chi connectivity index (χ1v) is 20.0. The van der Waals surface area contributed by atoms with Gasteiger partial charge in [-0.15, -0.1) is 0 Å². The van der Waals surface area contributed by atoms with Crippen LogP contribution in [0.15, 0.2) is 188 Å². The van der Waals surface area contributed by atoms with E-state index in [0.29, 0.717) is 0 Å². The van der Waals surface area contributed by atoms with Crippen molar-refractivity contribution in [1.82, 2.24) is 14.5 Å². The Labute approximate surface area is 300 Å². The second-order valence-electron chi connectivity index (χ2n) is 13.0. The number of hydrogen-bond donors (Lipinski definition) is 0. The van der Waals surface area contributed by atoms with Crippen LogP contribution in [0.25, 0.3) is 59.1 Å². The number of nitrogens with zero attached hydrogens (tertiary/aromatic N) is 3. The van der Waals surface area contributed by atoms with E-state index in [0.717, 1.165) is 31.6 Å². The molecule has 0 spiro atoms.